The van der Waals surface area contributed by atoms with Gasteiger partial charge in [-0.05, 0) is 24.6 Å². The first-order chi connectivity index (χ1) is 8.67. The average molecular weight is 267 g/mol. The summed E-state index contributed by atoms with van der Waals surface area (Å²) < 4.78 is 5.12. The molecule has 2 rings (SSSR count). The van der Waals surface area contributed by atoms with E-state index in [9.17, 15) is 4.79 Å². The maximum Gasteiger partial charge on any atom is 0.236 e. The Bertz CT molecular complexity index is 421. The van der Waals surface area contributed by atoms with Crippen molar-refractivity contribution in [1.82, 2.24) is 4.90 Å². The molecule has 0 radical (unpaired) electrons. The number of amides is 1. The first-order valence-corrected chi connectivity index (χ1v) is 6.82. The summed E-state index contributed by atoms with van der Waals surface area (Å²) in [5.74, 6) is 0.893. The summed E-state index contributed by atoms with van der Waals surface area (Å²) in [4.78, 5) is 13.7. The van der Waals surface area contributed by atoms with Gasteiger partial charge in [-0.25, -0.2) is 0 Å². The summed E-state index contributed by atoms with van der Waals surface area (Å²) in [6, 6.07) is 7.71. The van der Waals surface area contributed by atoms with E-state index in [1.165, 1.54) is 0 Å². The molecule has 4 nitrogen and oxygen atoms in total. The molecule has 1 aliphatic heterocycles. The number of rotatable bonds is 4. The number of aliphatic hydroxyl groups excluding tert-OH is 1. The van der Waals surface area contributed by atoms with Gasteiger partial charge in [-0.2, -0.15) is 0 Å². The predicted octanol–water partition coefficient (Wildman–Crippen LogP) is 1.65. The predicted molar refractivity (Wildman–Crippen MR) is 71.6 cm³/mol. The van der Waals surface area contributed by atoms with Crippen molar-refractivity contribution in [1.29, 1.82) is 0 Å². The van der Waals surface area contributed by atoms with E-state index in [0.717, 1.165) is 11.3 Å². The van der Waals surface area contributed by atoms with Crippen molar-refractivity contribution in [3.05, 3.63) is 29.8 Å². The molecule has 0 aliphatic carbocycles. The molecule has 1 aliphatic rings. The van der Waals surface area contributed by atoms with Gasteiger partial charge in [-0.15, -0.1) is 11.8 Å². The third-order valence-electron chi connectivity index (χ3n) is 2.99. The Kier molecular flexibility index (Phi) is 4.14. The number of nitrogens with zero attached hydrogens (tertiary/aromatic N) is 1. The Hall–Kier alpha value is -1.20. The molecule has 2 atom stereocenters. The van der Waals surface area contributed by atoms with Crippen molar-refractivity contribution in [2.24, 2.45) is 0 Å². The van der Waals surface area contributed by atoms with E-state index in [4.69, 9.17) is 9.84 Å². The molecule has 0 unspecified atom stereocenters. The quantitative estimate of drug-likeness (QED) is 0.901. The van der Waals surface area contributed by atoms with Crippen molar-refractivity contribution in [2.75, 3.05) is 20.3 Å². The molecule has 0 saturated carbocycles. The second-order valence-corrected chi connectivity index (χ2v) is 5.58. The molecule has 1 N–H and O–H groups in total. The highest BCUT2D eigenvalue weighted by atomic mass is 32.2. The average Bonchev–Trinajstić information content (AvgIpc) is 2.68. The maximum absolute atomic E-state index is 12.0. The van der Waals surface area contributed by atoms with E-state index >= 15 is 0 Å². The van der Waals surface area contributed by atoms with Gasteiger partial charge in [0.25, 0.3) is 0 Å². The molecule has 0 spiro atoms. The Labute approximate surface area is 111 Å². The highest BCUT2D eigenvalue weighted by Gasteiger charge is 2.37. The SMILES string of the molecule is COc1ccc([C@@H]2S[C@@H](C)C(=O)N2CCO)cc1. The lowest BCUT2D eigenvalue weighted by Crippen LogP contribution is -2.32. The molecule has 98 valence electrons. The first kappa shape index (κ1) is 13.2. The number of hydrogen-bond donors (Lipinski definition) is 1. The van der Waals surface area contributed by atoms with Gasteiger partial charge >= 0.3 is 0 Å². The zero-order valence-corrected chi connectivity index (χ0v) is 11.3. The molecule has 1 fully saturated rings. The van der Waals surface area contributed by atoms with Gasteiger partial charge in [0, 0.05) is 6.54 Å². The summed E-state index contributed by atoms with van der Waals surface area (Å²) in [6.45, 7) is 2.28. The molecule has 1 aromatic rings. The molecule has 5 heteroatoms. The van der Waals surface area contributed by atoms with Crippen LogP contribution in [-0.2, 0) is 4.79 Å². The molecule has 1 aromatic carbocycles. The molecule has 1 amide bonds. The Morgan fingerprint density at radius 1 is 1.39 bits per heavy atom. The minimum atomic E-state index is -0.0522. The van der Waals surface area contributed by atoms with Crippen molar-refractivity contribution in [2.45, 2.75) is 17.5 Å². The fraction of sp³-hybridized carbons (Fsp3) is 0.462. The minimum Gasteiger partial charge on any atom is -0.497 e. The Balaban J connectivity index is 2.22. The van der Waals surface area contributed by atoms with Crippen LogP contribution in [0.2, 0.25) is 0 Å². The highest BCUT2D eigenvalue weighted by molar-refractivity contribution is 8.01. The first-order valence-electron chi connectivity index (χ1n) is 5.88. The zero-order chi connectivity index (χ0) is 13.1. The second kappa shape index (κ2) is 5.63. The van der Waals surface area contributed by atoms with E-state index in [0.29, 0.717) is 6.54 Å². The number of thioether (sulfide) groups is 1. The normalized spacial score (nSPS) is 23.5. The van der Waals surface area contributed by atoms with Crippen LogP contribution in [0.3, 0.4) is 0 Å². The third-order valence-corrected chi connectivity index (χ3v) is 4.38. The number of ether oxygens (including phenoxy) is 1. The van der Waals surface area contributed by atoms with Crippen molar-refractivity contribution in [3.63, 3.8) is 0 Å². The molecule has 18 heavy (non-hydrogen) atoms. The van der Waals surface area contributed by atoms with Gasteiger partial charge in [0.05, 0.1) is 19.0 Å². The van der Waals surface area contributed by atoms with Crippen molar-refractivity contribution in [3.8, 4) is 5.75 Å². The molecule has 0 aromatic heterocycles. The van der Waals surface area contributed by atoms with Gasteiger partial charge in [-0.1, -0.05) is 12.1 Å². The van der Waals surface area contributed by atoms with Gasteiger partial charge in [-0.3, -0.25) is 4.79 Å². The smallest absolute Gasteiger partial charge is 0.236 e. The largest absolute Gasteiger partial charge is 0.497 e. The number of methoxy groups -OCH3 is 1. The summed E-state index contributed by atoms with van der Waals surface area (Å²) >= 11 is 1.61. The van der Waals surface area contributed by atoms with Crippen LogP contribution in [-0.4, -0.2) is 41.4 Å². The molecular weight excluding hydrogens is 250 g/mol. The summed E-state index contributed by atoms with van der Waals surface area (Å²) in [7, 11) is 1.63. The lowest BCUT2D eigenvalue weighted by molar-refractivity contribution is -0.130. The van der Waals surface area contributed by atoms with E-state index < -0.39 is 0 Å². The maximum atomic E-state index is 12.0. The summed E-state index contributed by atoms with van der Waals surface area (Å²) in [5, 5.41) is 8.99. The van der Waals surface area contributed by atoms with E-state index in [1.54, 1.807) is 23.8 Å². The topological polar surface area (TPSA) is 49.8 Å². The molecule has 0 bridgehead atoms. The highest BCUT2D eigenvalue weighted by Crippen LogP contribution is 2.42. The van der Waals surface area contributed by atoms with Crippen LogP contribution in [0, 0.1) is 0 Å². The number of hydrogen-bond acceptors (Lipinski definition) is 4. The fourth-order valence-electron chi connectivity index (χ4n) is 2.04. The van der Waals surface area contributed by atoms with Crippen LogP contribution < -0.4 is 4.74 Å². The lowest BCUT2D eigenvalue weighted by Gasteiger charge is -2.23. The van der Waals surface area contributed by atoms with Crippen LogP contribution in [0.1, 0.15) is 17.9 Å². The van der Waals surface area contributed by atoms with E-state index in [-0.39, 0.29) is 23.1 Å². The Morgan fingerprint density at radius 3 is 2.61 bits per heavy atom. The second-order valence-electron chi connectivity index (χ2n) is 4.16. The number of benzene rings is 1. The van der Waals surface area contributed by atoms with Crippen LogP contribution in [0.15, 0.2) is 24.3 Å². The standard InChI is InChI=1S/C13H17NO3S/c1-9-12(16)14(7-8-15)13(18-9)10-3-5-11(17-2)6-4-10/h3-6,9,13,15H,7-8H2,1-2H3/t9-,13-/m0/s1. The monoisotopic (exact) mass is 267 g/mol. The van der Waals surface area contributed by atoms with E-state index in [2.05, 4.69) is 0 Å². The van der Waals surface area contributed by atoms with Crippen molar-refractivity contribution < 1.29 is 14.6 Å². The Morgan fingerprint density at radius 2 is 2.06 bits per heavy atom. The number of carbonyl (C=O) groups is 1. The van der Waals surface area contributed by atoms with Crippen LogP contribution in [0.4, 0.5) is 0 Å². The lowest BCUT2D eigenvalue weighted by atomic mass is 10.2. The molecule has 1 heterocycles. The van der Waals surface area contributed by atoms with Crippen LogP contribution >= 0.6 is 11.8 Å². The van der Waals surface area contributed by atoms with Gasteiger partial charge in [0.2, 0.25) is 5.91 Å². The summed E-state index contributed by atoms with van der Waals surface area (Å²) in [5.41, 5.74) is 1.06. The zero-order valence-electron chi connectivity index (χ0n) is 10.5. The van der Waals surface area contributed by atoms with E-state index in [1.807, 2.05) is 31.2 Å². The third kappa shape index (κ3) is 2.47. The van der Waals surface area contributed by atoms with Crippen LogP contribution in [0.5, 0.6) is 5.75 Å². The number of aliphatic hydroxyl groups is 1. The molecular formula is C13H17NO3S. The minimum absolute atomic E-state index is 0.00826. The van der Waals surface area contributed by atoms with Crippen molar-refractivity contribution >= 4 is 17.7 Å². The van der Waals surface area contributed by atoms with Crippen LogP contribution in [0.25, 0.3) is 0 Å². The number of carbonyl (C=O) groups excluding carboxylic acids is 1. The van der Waals surface area contributed by atoms with Gasteiger partial charge < -0.3 is 14.7 Å². The van der Waals surface area contributed by atoms with Gasteiger partial charge in [0.1, 0.15) is 11.1 Å². The number of β-amino-alcohol motifs (C(OH)–C–C–N with tert-alkyl or cyclic N) is 1. The molecule has 1 saturated heterocycles. The summed E-state index contributed by atoms with van der Waals surface area (Å²) in [6.07, 6.45) is 0. The van der Waals surface area contributed by atoms with Gasteiger partial charge in [0.15, 0.2) is 0 Å². The fourth-order valence-corrected chi connectivity index (χ4v) is 3.35.